The summed E-state index contributed by atoms with van der Waals surface area (Å²) in [6, 6.07) is 7.82. The van der Waals surface area contributed by atoms with Crippen LogP contribution in [-0.2, 0) is 16.1 Å². The zero-order valence-corrected chi connectivity index (χ0v) is 15.6. The van der Waals surface area contributed by atoms with E-state index < -0.39 is 6.10 Å². The second kappa shape index (κ2) is 10.1. The van der Waals surface area contributed by atoms with Crippen LogP contribution in [0.4, 0.5) is 0 Å². The number of unbranched alkanes of at least 4 members (excludes halogenated alkanes) is 3. The molecule has 4 nitrogen and oxygen atoms in total. The number of alkyl halides is 1. The van der Waals surface area contributed by atoms with Crippen molar-refractivity contribution in [1.82, 2.24) is 0 Å². The number of esters is 1. The van der Waals surface area contributed by atoms with Gasteiger partial charge in [0.05, 0.1) is 19.8 Å². The van der Waals surface area contributed by atoms with Crippen LogP contribution >= 0.6 is 11.6 Å². The number of methoxy groups -OCH3 is 1. The average Bonchev–Trinajstić information content (AvgIpc) is 2.91. The molecule has 0 saturated heterocycles. The molecule has 1 aromatic rings. The van der Waals surface area contributed by atoms with Crippen molar-refractivity contribution in [2.24, 2.45) is 5.92 Å². The molecule has 1 aliphatic rings. The van der Waals surface area contributed by atoms with E-state index in [1.165, 1.54) is 7.11 Å². The standard InChI is InChI=1S/C20H29ClO4/c1-25-19(24)7-5-3-2-4-6-16-17(21)12-18(23)20(16)15-10-8-14(13-22)9-11-15/h8-11,16-18,20,22-23H,2-7,12-13H2,1H3/t16-,17+,18+,20+/m0/s1. The molecule has 1 aromatic carbocycles. The highest BCUT2D eigenvalue weighted by molar-refractivity contribution is 6.21. The Kier molecular flexibility index (Phi) is 8.20. The molecule has 25 heavy (non-hydrogen) atoms. The van der Waals surface area contributed by atoms with Gasteiger partial charge in [0.2, 0.25) is 0 Å². The van der Waals surface area contributed by atoms with Crippen molar-refractivity contribution in [3.8, 4) is 0 Å². The van der Waals surface area contributed by atoms with Crippen LogP contribution in [0.25, 0.3) is 0 Å². The number of aliphatic hydroxyl groups is 2. The van der Waals surface area contributed by atoms with E-state index >= 15 is 0 Å². The maximum atomic E-state index is 11.1. The van der Waals surface area contributed by atoms with E-state index in [4.69, 9.17) is 11.6 Å². The Hall–Kier alpha value is -1.10. The summed E-state index contributed by atoms with van der Waals surface area (Å²) in [7, 11) is 1.42. The molecule has 1 fully saturated rings. The highest BCUT2D eigenvalue weighted by Gasteiger charge is 2.41. The van der Waals surface area contributed by atoms with Gasteiger partial charge in [-0.3, -0.25) is 4.79 Å². The van der Waals surface area contributed by atoms with Crippen LogP contribution in [0.1, 0.15) is 62.0 Å². The maximum Gasteiger partial charge on any atom is 0.305 e. The van der Waals surface area contributed by atoms with Crippen molar-refractivity contribution >= 4 is 17.6 Å². The highest BCUT2D eigenvalue weighted by atomic mass is 35.5. The first-order chi connectivity index (χ1) is 12.1. The monoisotopic (exact) mass is 368 g/mol. The summed E-state index contributed by atoms with van der Waals surface area (Å²) < 4.78 is 4.64. The normalized spacial score (nSPS) is 25.9. The van der Waals surface area contributed by atoms with Gasteiger partial charge in [-0.15, -0.1) is 11.6 Å². The van der Waals surface area contributed by atoms with Crippen LogP contribution in [0.5, 0.6) is 0 Å². The van der Waals surface area contributed by atoms with Crippen molar-refractivity contribution in [3.63, 3.8) is 0 Å². The first-order valence-electron chi connectivity index (χ1n) is 9.15. The van der Waals surface area contributed by atoms with E-state index in [1.54, 1.807) is 0 Å². The van der Waals surface area contributed by atoms with Gasteiger partial charge >= 0.3 is 5.97 Å². The van der Waals surface area contributed by atoms with Crippen LogP contribution in [0.3, 0.4) is 0 Å². The van der Waals surface area contributed by atoms with Gasteiger partial charge in [-0.2, -0.15) is 0 Å². The summed E-state index contributed by atoms with van der Waals surface area (Å²) in [4.78, 5) is 11.1. The number of hydrogen-bond donors (Lipinski definition) is 2. The van der Waals surface area contributed by atoms with Crippen LogP contribution in [0.2, 0.25) is 0 Å². The molecule has 5 heteroatoms. The van der Waals surface area contributed by atoms with E-state index in [0.717, 1.165) is 43.2 Å². The van der Waals surface area contributed by atoms with Crippen molar-refractivity contribution in [2.45, 2.75) is 69.0 Å². The summed E-state index contributed by atoms with van der Waals surface area (Å²) in [5.41, 5.74) is 1.98. The largest absolute Gasteiger partial charge is 0.469 e. The Morgan fingerprint density at radius 2 is 1.88 bits per heavy atom. The molecule has 0 heterocycles. The molecule has 0 radical (unpaired) electrons. The molecule has 2 N–H and O–H groups in total. The number of carbonyl (C=O) groups is 1. The number of ether oxygens (including phenoxy) is 1. The van der Waals surface area contributed by atoms with E-state index in [9.17, 15) is 15.0 Å². The lowest BCUT2D eigenvalue weighted by Crippen LogP contribution is -2.19. The fraction of sp³-hybridized carbons (Fsp3) is 0.650. The average molecular weight is 369 g/mol. The minimum Gasteiger partial charge on any atom is -0.469 e. The topological polar surface area (TPSA) is 66.8 Å². The smallest absolute Gasteiger partial charge is 0.305 e. The van der Waals surface area contributed by atoms with Crippen molar-refractivity contribution in [1.29, 1.82) is 0 Å². The molecule has 0 spiro atoms. The minimum absolute atomic E-state index is 0.00686. The summed E-state index contributed by atoms with van der Waals surface area (Å²) in [5, 5.41) is 19.6. The number of aliphatic hydroxyl groups excluding tert-OH is 2. The van der Waals surface area contributed by atoms with Crippen molar-refractivity contribution < 1.29 is 19.7 Å². The lowest BCUT2D eigenvalue weighted by molar-refractivity contribution is -0.140. The number of hydrogen-bond acceptors (Lipinski definition) is 4. The van der Waals surface area contributed by atoms with Gasteiger partial charge in [-0.1, -0.05) is 43.5 Å². The third kappa shape index (κ3) is 5.70. The summed E-state index contributed by atoms with van der Waals surface area (Å²) >= 11 is 6.52. The molecule has 0 aromatic heterocycles. The van der Waals surface area contributed by atoms with Crippen LogP contribution in [-0.4, -0.2) is 34.8 Å². The van der Waals surface area contributed by atoms with Gasteiger partial charge in [0.25, 0.3) is 0 Å². The van der Waals surface area contributed by atoms with Gasteiger partial charge < -0.3 is 14.9 Å². The Morgan fingerprint density at radius 3 is 2.52 bits per heavy atom. The molecular formula is C20H29ClO4. The van der Waals surface area contributed by atoms with Gasteiger partial charge in [0.15, 0.2) is 0 Å². The Balaban J connectivity index is 1.85. The zero-order chi connectivity index (χ0) is 18.2. The predicted octanol–water partition coefficient (Wildman–Crippen LogP) is 3.76. The zero-order valence-electron chi connectivity index (χ0n) is 14.9. The third-order valence-corrected chi connectivity index (χ3v) is 5.75. The molecule has 0 amide bonds. The highest BCUT2D eigenvalue weighted by Crippen LogP contribution is 2.45. The quantitative estimate of drug-likeness (QED) is 0.395. The summed E-state index contributed by atoms with van der Waals surface area (Å²) in [5.74, 6) is 0.175. The first-order valence-corrected chi connectivity index (χ1v) is 9.59. The van der Waals surface area contributed by atoms with E-state index in [0.29, 0.717) is 12.8 Å². The minimum atomic E-state index is -0.410. The van der Waals surface area contributed by atoms with Crippen LogP contribution in [0.15, 0.2) is 24.3 Å². The van der Waals surface area contributed by atoms with E-state index in [-0.39, 0.29) is 29.8 Å². The summed E-state index contributed by atoms with van der Waals surface area (Å²) in [6.07, 6.45) is 5.65. The van der Waals surface area contributed by atoms with Crippen molar-refractivity contribution in [3.05, 3.63) is 35.4 Å². The number of carbonyl (C=O) groups excluding carboxylic acids is 1. The number of rotatable bonds is 9. The molecular weight excluding hydrogens is 340 g/mol. The maximum absolute atomic E-state index is 11.1. The molecule has 1 aliphatic carbocycles. The number of benzene rings is 1. The van der Waals surface area contributed by atoms with Crippen LogP contribution in [0, 0.1) is 5.92 Å². The number of halogens is 1. The SMILES string of the molecule is COC(=O)CCCCCC[C@@H]1[C@@H](c2ccc(CO)cc2)[C@H](O)C[C@H]1Cl. The van der Waals surface area contributed by atoms with Gasteiger partial charge in [-0.25, -0.2) is 0 Å². The van der Waals surface area contributed by atoms with E-state index in [2.05, 4.69) is 4.74 Å². The fourth-order valence-corrected chi connectivity index (χ4v) is 4.31. The van der Waals surface area contributed by atoms with E-state index in [1.807, 2.05) is 24.3 Å². The summed E-state index contributed by atoms with van der Waals surface area (Å²) in [6.45, 7) is 0.0284. The molecule has 1 saturated carbocycles. The third-order valence-electron chi connectivity index (χ3n) is 5.25. The lowest BCUT2D eigenvalue weighted by Gasteiger charge is -2.24. The Morgan fingerprint density at radius 1 is 1.20 bits per heavy atom. The molecule has 0 aliphatic heterocycles. The fourth-order valence-electron chi connectivity index (χ4n) is 3.84. The lowest BCUT2D eigenvalue weighted by atomic mass is 9.84. The van der Waals surface area contributed by atoms with Gasteiger partial charge in [0, 0.05) is 17.7 Å². The Labute approximate surface area is 155 Å². The van der Waals surface area contributed by atoms with Gasteiger partial charge in [0.1, 0.15) is 0 Å². The second-order valence-corrected chi connectivity index (χ2v) is 7.50. The van der Waals surface area contributed by atoms with Gasteiger partial charge in [-0.05, 0) is 36.3 Å². The first kappa shape index (κ1) is 20.2. The molecule has 2 rings (SSSR count). The molecule has 140 valence electrons. The molecule has 4 atom stereocenters. The second-order valence-electron chi connectivity index (χ2n) is 6.94. The predicted molar refractivity (Wildman–Crippen MR) is 98.6 cm³/mol. The molecule has 0 unspecified atom stereocenters. The van der Waals surface area contributed by atoms with Crippen molar-refractivity contribution in [2.75, 3.05) is 7.11 Å². The Bertz CT molecular complexity index is 531. The van der Waals surface area contributed by atoms with Crippen LogP contribution < -0.4 is 0 Å². The molecule has 0 bridgehead atoms.